The SMILES string of the molecule is CCCS(=O)(=O)c1ccccc1NCC1(CO)CCCC1. The lowest BCUT2D eigenvalue weighted by atomic mass is 9.87. The minimum atomic E-state index is -3.24. The van der Waals surface area contributed by atoms with Crippen LogP contribution in [0.2, 0.25) is 0 Å². The minimum absolute atomic E-state index is 0.0956. The van der Waals surface area contributed by atoms with E-state index < -0.39 is 9.84 Å². The number of sulfone groups is 1. The molecule has 1 aromatic rings. The molecule has 1 aliphatic rings. The molecule has 0 heterocycles. The molecule has 0 bridgehead atoms. The molecule has 2 rings (SSSR count). The Labute approximate surface area is 127 Å². The first kappa shape index (κ1) is 16.3. The molecule has 5 heteroatoms. The van der Waals surface area contributed by atoms with Gasteiger partial charge in [-0.25, -0.2) is 8.42 Å². The van der Waals surface area contributed by atoms with Crippen LogP contribution in [0.15, 0.2) is 29.2 Å². The lowest BCUT2D eigenvalue weighted by Gasteiger charge is -2.27. The molecule has 0 unspecified atom stereocenters. The highest BCUT2D eigenvalue weighted by Gasteiger charge is 2.33. The van der Waals surface area contributed by atoms with Gasteiger partial charge >= 0.3 is 0 Å². The lowest BCUT2D eigenvalue weighted by Crippen LogP contribution is -2.31. The summed E-state index contributed by atoms with van der Waals surface area (Å²) < 4.78 is 24.6. The molecule has 0 atom stereocenters. The van der Waals surface area contributed by atoms with Crippen molar-refractivity contribution < 1.29 is 13.5 Å². The zero-order chi connectivity index (χ0) is 15.3. The van der Waals surface area contributed by atoms with Crippen LogP contribution in [0.25, 0.3) is 0 Å². The van der Waals surface area contributed by atoms with Crippen LogP contribution in [0.5, 0.6) is 0 Å². The number of aliphatic hydroxyl groups excluding tert-OH is 1. The van der Waals surface area contributed by atoms with Crippen LogP contribution in [0.4, 0.5) is 5.69 Å². The maximum atomic E-state index is 12.3. The number of rotatable bonds is 7. The fourth-order valence-electron chi connectivity index (χ4n) is 3.06. The molecule has 0 radical (unpaired) electrons. The van der Waals surface area contributed by atoms with E-state index >= 15 is 0 Å². The molecule has 4 nitrogen and oxygen atoms in total. The molecular weight excluding hydrogens is 286 g/mol. The molecule has 0 spiro atoms. The van der Waals surface area contributed by atoms with Crippen molar-refractivity contribution in [2.75, 3.05) is 24.2 Å². The molecule has 0 aromatic heterocycles. The van der Waals surface area contributed by atoms with Gasteiger partial charge in [-0.05, 0) is 31.4 Å². The van der Waals surface area contributed by atoms with Crippen LogP contribution in [0.1, 0.15) is 39.0 Å². The molecule has 21 heavy (non-hydrogen) atoms. The topological polar surface area (TPSA) is 66.4 Å². The average Bonchev–Trinajstić information content (AvgIpc) is 2.95. The average molecular weight is 311 g/mol. The smallest absolute Gasteiger partial charge is 0.180 e. The summed E-state index contributed by atoms with van der Waals surface area (Å²) in [5.74, 6) is 0.164. The van der Waals surface area contributed by atoms with Gasteiger partial charge in [-0.15, -0.1) is 0 Å². The Morgan fingerprint density at radius 1 is 1.24 bits per heavy atom. The third-order valence-electron chi connectivity index (χ3n) is 4.35. The Morgan fingerprint density at radius 2 is 1.90 bits per heavy atom. The summed E-state index contributed by atoms with van der Waals surface area (Å²) in [6, 6.07) is 7.06. The first-order chi connectivity index (χ1) is 10.0. The van der Waals surface area contributed by atoms with Crippen LogP contribution >= 0.6 is 0 Å². The van der Waals surface area contributed by atoms with E-state index in [2.05, 4.69) is 5.32 Å². The van der Waals surface area contributed by atoms with Crippen molar-refractivity contribution in [2.24, 2.45) is 5.41 Å². The Bertz CT molecular complexity index is 563. The normalized spacial score (nSPS) is 17.8. The van der Waals surface area contributed by atoms with Gasteiger partial charge < -0.3 is 10.4 Å². The van der Waals surface area contributed by atoms with E-state index in [0.717, 1.165) is 25.7 Å². The quantitative estimate of drug-likeness (QED) is 0.812. The molecule has 1 saturated carbocycles. The van der Waals surface area contributed by atoms with Crippen molar-refractivity contribution in [1.29, 1.82) is 0 Å². The van der Waals surface area contributed by atoms with Crippen LogP contribution < -0.4 is 5.32 Å². The monoisotopic (exact) mass is 311 g/mol. The summed E-state index contributed by atoms with van der Waals surface area (Å²) in [5, 5.41) is 12.9. The maximum Gasteiger partial charge on any atom is 0.180 e. The Kier molecular flexibility index (Phi) is 5.27. The molecule has 0 amide bonds. The van der Waals surface area contributed by atoms with Gasteiger partial charge in [-0.1, -0.05) is 31.9 Å². The Balaban J connectivity index is 2.17. The van der Waals surface area contributed by atoms with Gasteiger partial charge in [0.15, 0.2) is 9.84 Å². The predicted octanol–water partition coefficient (Wildman–Crippen LogP) is 2.83. The van der Waals surface area contributed by atoms with E-state index in [0.29, 0.717) is 23.5 Å². The summed E-state index contributed by atoms with van der Waals surface area (Å²) in [6.45, 7) is 2.65. The van der Waals surface area contributed by atoms with E-state index in [9.17, 15) is 13.5 Å². The van der Waals surface area contributed by atoms with Crippen molar-refractivity contribution in [2.45, 2.75) is 43.9 Å². The van der Waals surface area contributed by atoms with Gasteiger partial charge in [0, 0.05) is 12.0 Å². The lowest BCUT2D eigenvalue weighted by molar-refractivity contribution is 0.142. The van der Waals surface area contributed by atoms with Crippen molar-refractivity contribution >= 4 is 15.5 Å². The number of hydrogen-bond acceptors (Lipinski definition) is 4. The van der Waals surface area contributed by atoms with Crippen LogP contribution in [-0.4, -0.2) is 32.4 Å². The number of aliphatic hydroxyl groups is 1. The van der Waals surface area contributed by atoms with Gasteiger partial charge in [0.1, 0.15) is 0 Å². The number of para-hydroxylation sites is 1. The number of hydrogen-bond donors (Lipinski definition) is 2. The number of nitrogens with one attached hydrogen (secondary N) is 1. The van der Waals surface area contributed by atoms with E-state index in [1.165, 1.54) is 0 Å². The highest BCUT2D eigenvalue weighted by Crippen LogP contribution is 2.38. The first-order valence-electron chi connectivity index (χ1n) is 7.69. The van der Waals surface area contributed by atoms with Crippen LogP contribution in [-0.2, 0) is 9.84 Å². The molecular formula is C16H25NO3S. The van der Waals surface area contributed by atoms with Gasteiger partial charge in [0.25, 0.3) is 0 Å². The van der Waals surface area contributed by atoms with Crippen LogP contribution in [0.3, 0.4) is 0 Å². The van der Waals surface area contributed by atoms with Gasteiger partial charge in [0.2, 0.25) is 0 Å². The van der Waals surface area contributed by atoms with Crippen molar-refractivity contribution in [3.05, 3.63) is 24.3 Å². The highest BCUT2D eigenvalue weighted by molar-refractivity contribution is 7.91. The summed E-state index contributed by atoms with van der Waals surface area (Å²) in [7, 11) is -3.24. The van der Waals surface area contributed by atoms with Crippen molar-refractivity contribution in [3.63, 3.8) is 0 Å². The molecule has 1 aromatic carbocycles. The van der Waals surface area contributed by atoms with Gasteiger partial charge in [0.05, 0.1) is 22.9 Å². The summed E-state index contributed by atoms with van der Waals surface area (Å²) in [6.07, 6.45) is 4.88. The summed E-state index contributed by atoms with van der Waals surface area (Å²) >= 11 is 0. The number of anilines is 1. The molecule has 0 saturated heterocycles. The molecule has 0 aliphatic heterocycles. The van der Waals surface area contributed by atoms with Gasteiger partial charge in [-0.2, -0.15) is 0 Å². The molecule has 118 valence electrons. The first-order valence-corrected chi connectivity index (χ1v) is 9.35. The summed E-state index contributed by atoms with van der Waals surface area (Å²) in [4.78, 5) is 0.373. The largest absolute Gasteiger partial charge is 0.396 e. The minimum Gasteiger partial charge on any atom is -0.396 e. The van der Waals surface area contributed by atoms with E-state index in [1.807, 2.05) is 19.1 Å². The van der Waals surface area contributed by atoms with Crippen molar-refractivity contribution in [3.8, 4) is 0 Å². The predicted molar refractivity (Wildman–Crippen MR) is 85.3 cm³/mol. The zero-order valence-electron chi connectivity index (χ0n) is 12.6. The molecule has 2 N–H and O–H groups in total. The van der Waals surface area contributed by atoms with Crippen LogP contribution in [0, 0.1) is 5.41 Å². The van der Waals surface area contributed by atoms with E-state index in [-0.39, 0.29) is 17.8 Å². The zero-order valence-corrected chi connectivity index (χ0v) is 13.5. The second-order valence-corrected chi connectivity index (χ2v) is 8.11. The van der Waals surface area contributed by atoms with Crippen molar-refractivity contribution in [1.82, 2.24) is 0 Å². The summed E-state index contributed by atoms with van der Waals surface area (Å²) in [5.41, 5.74) is 0.562. The van der Waals surface area contributed by atoms with E-state index in [4.69, 9.17) is 0 Å². The van der Waals surface area contributed by atoms with Gasteiger partial charge in [-0.3, -0.25) is 0 Å². The molecule has 1 fully saturated rings. The third kappa shape index (κ3) is 3.77. The second-order valence-electron chi connectivity index (χ2n) is 6.03. The Morgan fingerprint density at radius 3 is 2.52 bits per heavy atom. The fraction of sp³-hybridized carbons (Fsp3) is 0.625. The molecule has 1 aliphatic carbocycles. The maximum absolute atomic E-state index is 12.3. The Hall–Kier alpha value is -1.07. The van der Waals surface area contributed by atoms with E-state index in [1.54, 1.807) is 12.1 Å². The highest BCUT2D eigenvalue weighted by atomic mass is 32.2. The standard InChI is InChI=1S/C16H25NO3S/c1-2-11-21(19,20)15-8-4-3-7-14(15)17-12-16(13-18)9-5-6-10-16/h3-4,7-8,17-18H,2,5-6,9-13H2,1H3. The third-order valence-corrected chi connectivity index (χ3v) is 6.32. The second kappa shape index (κ2) is 6.79. The fourth-order valence-corrected chi connectivity index (χ4v) is 4.58. The number of benzene rings is 1.